The van der Waals surface area contributed by atoms with E-state index in [0.717, 1.165) is 0 Å². The first-order chi connectivity index (χ1) is 5.96. The van der Waals surface area contributed by atoms with Gasteiger partial charge in [0.1, 0.15) is 0 Å². The van der Waals surface area contributed by atoms with Gasteiger partial charge >= 0.3 is 0 Å². The summed E-state index contributed by atoms with van der Waals surface area (Å²) in [5.74, 6) is 0. The van der Waals surface area contributed by atoms with Crippen molar-refractivity contribution in [2.45, 2.75) is 65.6 Å². The van der Waals surface area contributed by atoms with Crippen LogP contribution in [0.3, 0.4) is 0 Å². The Morgan fingerprint density at radius 3 is 1.79 bits per heavy atom. The fraction of sp³-hybridized carbons (Fsp3) is 1.00. The molecule has 1 aliphatic heterocycles. The van der Waals surface area contributed by atoms with Crippen molar-refractivity contribution in [3.8, 4) is 0 Å². The monoisotopic (exact) mass is 232 g/mol. The molecule has 0 aromatic carbocycles. The maximum absolute atomic E-state index is 6.81. The quantitative estimate of drug-likeness (QED) is 0.406. The largest absolute Gasteiger partial charge is 0.167 e. The highest BCUT2D eigenvalue weighted by Gasteiger charge is 2.60. The molecular formula is C12H25ClSi. The molecule has 1 heterocycles. The molecule has 0 saturated carbocycles. The first-order valence-corrected chi connectivity index (χ1v) is 9.37. The molecule has 84 valence electrons. The Hall–Kier alpha value is 0.507. The van der Waals surface area contributed by atoms with E-state index in [0.29, 0.717) is 15.9 Å². The van der Waals surface area contributed by atoms with Crippen molar-refractivity contribution < 1.29 is 0 Å². The lowest BCUT2D eigenvalue weighted by Gasteiger charge is -2.61. The van der Waals surface area contributed by atoms with Gasteiger partial charge in [0.2, 0.25) is 0 Å². The Balaban J connectivity index is 3.20. The minimum atomic E-state index is -1.57. The summed E-state index contributed by atoms with van der Waals surface area (Å²) in [4.78, 5) is 0. The van der Waals surface area contributed by atoms with Gasteiger partial charge in [-0.05, 0) is 28.3 Å². The molecular weight excluding hydrogens is 208 g/mol. The van der Waals surface area contributed by atoms with Crippen LogP contribution in [-0.4, -0.2) is 7.38 Å². The Bertz CT molecular complexity index is 213. The van der Waals surface area contributed by atoms with E-state index in [1.54, 1.807) is 0 Å². The van der Waals surface area contributed by atoms with Gasteiger partial charge in [-0.3, -0.25) is 0 Å². The van der Waals surface area contributed by atoms with Gasteiger partial charge in [-0.25, -0.2) is 0 Å². The van der Waals surface area contributed by atoms with Crippen LogP contribution in [0.4, 0.5) is 0 Å². The summed E-state index contributed by atoms with van der Waals surface area (Å²) < 4.78 is 0. The zero-order valence-electron chi connectivity index (χ0n) is 10.8. The average Bonchev–Trinajstić information content (AvgIpc) is 1.98. The molecule has 0 aliphatic carbocycles. The second kappa shape index (κ2) is 3.01. The lowest BCUT2D eigenvalue weighted by atomic mass is 9.60. The van der Waals surface area contributed by atoms with E-state index in [4.69, 9.17) is 11.1 Å². The van der Waals surface area contributed by atoms with Crippen molar-refractivity contribution >= 4 is 18.5 Å². The Morgan fingerprint density at radius 2 is 1.43 bits per heavy atom. The molecule has 2 heteroatoms. The molecule has 0 nitrogen and oxygen atoms in total. The fourth-order valence-corrected chi connectivity index (χ4v) is 7.02. The van der Waals surface area contributed by atoms with Crippen molar-refractivity contribution in [2.24, 2.45) is 10.8 Å². The first kappa shape index (κ1) is 12.6. The molecule has 0 amide bonds. The van der Waals surface area contributed by atoms with Crippen molar-refractivity contribution in [3.63, 3.8) is 0 Å². The smallest absolute Gasteiger partial charge is 0.159 e. The molecule has 0 N–H and O–H groups in total. The normalized spacial score (nSPS) is 39.4. The van der Waals surface area contributed by atoms with Gasteiger partial charge in [0.05, 0.1) is 0 Å². The molecule has 1 unspecified atom stereocenters. The maximum atomic E-state index is 6.81. The summed E-state index contributed by atoms with van der Waals surface area (Å²) in [5.41, 5.74) is 0.749. The maximum Gasteiger partial charge on any atom is 0.159 e. The summed E-state index contributed by atoms with van der Waals surface area (Å²) in [6.45, 7) is 16.7. The Kier molecular flexibility index (Phi) is 2.70. The van der Waals surface area contributed by atoms with E-state index in [1.807, 2.05) is 0 Å². The summed E-state index contributed by atoms with van der Waals surface area (Å²) >= 11 is 6.81. The number of hydrogen-bond acceptors (Lipinski definition) is 0. The summed E-state index contributed by atoms with van der Waals surface area (Å²) in [6.07, 6.45) is 1.29. The molecule has 14 heavy (non-hydrogen) atoms. The van der Waals surface area contributed by atoms with E-state index in [9.17, 15) is 0 Å². The summed E-state index contributed by atoms with van der Waals surface area (Å²) in [5, 5.41) is 0.309. The predicted octanol–water partition coefficient (Wildman–Crippen LogP) is 5.04. The SMILES string of the molecule is CC1(C)CC[Si](C)(Cl)C(C)(C)C1(C)C. The lowest BCUT2D eigenvalue weighted by molar-refractivity contribution is 0.0443. The van der Waals surface area contributed by atoms with Gasteiger partial charge in [-0.15, -0.1) is 0 Å². The molecule has 0 aromatic heterocycles. The van der Waals surface area contributed by atoms with Crippen LogP contribution in [0, 0.1) is 10.8 Å². The molecule has 1 aliphatic rings. The molecule has 1 saturated heterocycles. The highest BCUT2D eigenvalue weighted by Crippen LogP contribution is 2.67. The molecule has 1 rings (SSSR count). The van der Waals surface area contributed by atoms with Crippen LogP contribution in [-0.2, 0) is 0 Å². The van der Waals surface area contributed by atoms with Crippen molar-refractivity contribution in [1.29, 1.82) is 0 Å². The topological polar surface area (TPSA) is 0 Å². The standard InChI is InChI=1S/C12H25ClSi/c1-10(2)8-9-14(7,13)12(5,6)11(10,3)4/h8-9H2,1-7H3. The molecule has 0 spiro atoms. The van der Waals surface area contributed by atoms with E-state index in [2.05, 4.69) is 48.1 Å². The van der Waals surface area contributed by atoms with Gasteiger partial charge in [0.15, 0.2) is 7.38 Å². The van der Waals surface area contributed by atoms with E-state index in [1.165, 1.54) is 12.5 Å². The van der Waals surface area contributed by atoms with Crippen molar-refractivity contribution in [2.75, 3.05) is 0 Å². The van der Waals surface area contributed by atoms with Gasteiger partial charge in [-0.2, -0.15) is 11.1 Å². The number of rotatable bonds is 0. The highest BCUT2D eigenvalue weighted by atomic mass is 35.6. The van der Waals surface area contributed by atoms with Gasteiger partial charge in [0.25, 0.3) is 0 Å². The summed E-state index contributed by atoms with van der Waals surface area (Å²) in [6, 6.07) is 1.26. The fourth-order valence-electron chi connectivity index (χ4n) is 2.67. The Morgan fingerprint density at radius 1 is 1.00 bits per heavy atom. The molecule has 0 radical (unpaired) electrons. The van der Waals surface area contributed by atoms with Gasteiger partial charge in [-0.1, -0.05) is 48.1 Å². The van der Waals surface area contributed by atoms with E-state index < -0.39 is 7.38 Å². The zero-order chi connectivity index (χ0) is 11.4. The minimum Gasteiger partial charge on any atom is -0.167 e. The molecule has 0 aromatic rings. The third-order valence-corrected chi connectivity index (χ3v) is 12.2. The van der Waals surface area contributed by atoms with E-state index in [-0.39, 0.29) is 0 Å². The molecule has 1 fully saturated rings. The molecule has 0 bridgehead atoms. The lowest BCUT2D eigenvalue weighted by Crippen LogP contribution is -2.56. The second-order valence-corrected chi connectivity index (χ2v) is 13.5. The average molecular weight is 233 g/mol. The van der Waals surface area contributed by atoms with Crippen LogP contribution in [0.1, 0.15) is 48.0 Å². The van der Waals surface area contributed by atoms with Crippen LogP contribution >= 0.6 is 11.1 Å². The van der Waals surface area contributed by atoms with Crippen LogP contribution < -0.4 is 0 Å². The third kappa shape index (κ3) is 1.39. The first-order valence-electron chi connectivity index (χ1n) is 5.65. The van der Waals surface area contributed by atoms with Crippen molar-refractivity contribution in [3.05, 3.63) is 0 Å². The second-order valence-electron chi connectivity index (χ2n) is 6.83. The van der Waals surface area contributed by atoms with Crippen LogP contribution in [0.5, 0.6) is 0 Å². The molecule has 1 atom stereocenters. The minimum absolute atomic E-state index is 0.309. The van der Waals surface area contributed by atoms with Crippen LogP contribution in [0.15, 0.2) is 0 Å². The zero-order valence-corrected chi connectivity index (χ0v) is 12.5. The third-order valence-electron chi connectivity index (χ3n) is 5.78. The summed E-state index contributed by atoms with van der Waals surface area (Å²) in [7, 11) is -1.57. The van der Waals surface area contributed by atoms with Gasteiger partial charge < -0.3 is 0 Å². The highest BCUT2D eigenvalue weighted by molar-refractivity contribution is 7.21. The van der Waals surface area contributed by atoms with Crippen molar-refractivity contribution in [1.82, 2.24) is 0 Å². The Labute approximate surface area is 95.1 Å². The number of hydrogen-bond donors (Lipinski definition) is 0. The van der Waals surface area contributed by atoms with Gasteiger partial charge in [0, 0.05) is 0 Å². The van der Waals surface area contributed by atoms with Crippen LogP contribution in [0.25, 0.3) is 0 Å². The van der Waals surface area contributed by atoms with Crippen LogP contribution in [0.2, 0.25) is 17.6 Å². The predicted molar refractivity (Wildman–Crippen MR) is 68.5 cm³/mol. The number of halogens is 1. The van der Waals surface area contributed by atoms with E-state index >= 15 is 0 Å².